The maximum atomic E-state index is 5.89. The largest absolute Gasteiger partial charge is 0.125 e. The third kappa shape index (κ3) is 4.21. The highest BCUT2D eigenvalue weighted by atomic mass is 35.5. The zero-order chi connectivity index (χ0) is 9.68. The van der Waals surface area contributed by atoms with Crippen molar-refractivity contribution in [1.82, 2.24) is 0 Å². The summed E-state index contributed by atoms with van der Waals surface area (Å²) in [5.41, 5.74) is 1.25. The van der Waals surface area contributed by atoms with E-state index in [0.717, 1.165) is 17.9 Å². The molecule has 0 bridgehead atoms. The Kier molecular flexibility index (Phi) is 4.93. The van der Waals surface area contributed by atoms with Gasteiger partial charge in [-0.3, -0.25) is 0 Å². The summed E-state index contributed by atoms with van der Waals surface area (Å²) in [6.07, 6.45) is 1.87. The predicted molar refractivity (Wildman–Crippen MR) is 60.1 cm³/mol. The lowest BCUT2D eigenvalue weighted by atomic mass is 10.1. The number of hydrogen-bond donors (Lipinski definition) is 0. The van der Waals surface area contributed by atoms with Gasteiger partial charge in [0.05, 0.1) is 0 Å². The minimum Gasteiger partial charge on any atom is -0.125 e. The molecule has 0 spiro atoms. The second-order valence-corrected chi connectivity index (χ2v) is 4.28. The molecule has 1 aromatic rings. The summed E-state index contributed by atoms with van der Waals surface area (Å²) < 4.78 is 0. The second-order valence-electron chi connectivity index (χ2n) is 2.92. The van der Waals surface area contributed by atoms with Crippen LogP contribution in [0.4, 0.5) is 0 Å². The van der Waals surface area contributed by atoms with Crippen LogP contribution in [0.1, 0.15) is 12.0 Å². The van der Waals surface area contributed by atoms with E-state index < -0.39 is 0 Å². The van der Waals surface area contributed by atoms with E-state index >= 15 is 0 Å². The molecule has 3 heteroatoms. The van der Waals surface area contributed by atoms with Crippen molar-refractivity contribution < 1.29 is 0 Å². The van der Waals surface area contributed by atoms with Gasteiger partial charge in [0.25, 0.3) is 0 Å². The monoisotopic (exact) mass is 236 g/mol. The van der Waals surface area contributed by atoms with Crippen LogP contribution in [-0.2, 0) is 6.42 Å². The van der Waals surface area contributed by atoms with E-state index in [4.69, 9.17) is 34.8 Å². The Morgan fingerprint density at radius 3 is 2.31 bits per heavy atom. The normalized spacial score (nSPS) is 12.8. The maximum Gasteiger partial charge on any atom is 0.0474 e. The molecule has 0 saturated carbocycles. The maximum absolute atomic E-state index is 5.89. The lowest BCUT2D eigenvalue weighted by Gasteiger charge is -2.04. The van der Waals surface area contributed by atoms with Crippen molar-refractivity contribution in [3.63, 3.8) is 0 Å². The first-order valence-electron chi connectivity index (χ1n) is 4.17. The molecule has 72 valence electrons. The van der Waals surface area contributed by atoms with E-state index in [-0.39, 0.29) is 5.38 Å². The standard InChI is InChI=1S/C10H11Cl3/c11-7-10(13)6-3-8-1-4-9(12)5-2-8/h1-2,4-5,10H,3,6-7H2. The minimum absolute atomic E-state index is 0.0670. The molecule has 0 N–H and O–H groups in total. The van der Waals surface area contributed by atoms with Crippen LogP contribution in [0.2, 0.25) is 5.02 Å². The van der Waals surface area contributed by atoms with Crippen LogP contribution < -0.4 is 0 Å². The van der Waals surface area contributed by atoms with Gasteiger partial charge in [-0.1, -0.05) is 23.7 Å². The van der Waals surface area contributed by atoms with E-state index in [1.54, 1.807) is 0 Å². The van der Waals surface area contributed by atoms with Crippen molar-refractivity contribution in [2.75, 3.05) is 5.88 Å². The molecule has 1 atom stereocenters. The van der Waals surface area contributed by atoms with E-state index in [1.165, 1.54) is 5.56 Å². The molecule has 1 rings (SSSR count). The molecule has 13 heavy (non-hydrogen) atoms. The molecule has 0 aliphatic heterocycles. The van der Waals surface area contributed by atoms with E-state index in [9.17, 15) is 0 Å². The smallest absolute Gasteiger partial charge is 0.0474 e. The van der Waals surface area contributed by atoms with Crippen molar-refractivity contribution in [3.8, 4) is 0 Å². The highest BCUT2D eigenvalue weighted by Gasteiger charge is 2.02. The number of rotatable bonds is 4. The van der Waals surface area contributed by atoms with Gasteiger partial charge in [-0.15, -0.1) is 23.2 Å². The van der Waals surface area contributed by atoms with Gasteiger partial charge in [0, 0.05) is 16.3 Å². The average molecular weight is 238 g/mol. The quantitative estimate of drug-likeness (QED) is 0.691. The lowest BCUT2D eigenvalue weighted by molar-refractivity contribution is 0.808. The van der Waals surface area contributed by atoms with Crippen LogP contribution in [0.25, 0.3) is 0 Å². The van der Waals surface area contributed by atoms with Gasteiger partial charge < -0.3 is 0 Å². The van der Waals surface area contributed by atoms with E-state index in [2.05, 4.69) is 0 Å². The molecule has 0 amide bonds. The van der Waals surface area contributed by atoms with Crippen molar-refractivity contribution in [2.45, 2.75) is 18.2 Å². The molecule has 0 nitrogen and oxygen atoms in total. The Labute approximate surface area is 93.8 Å². The molecule has 0 aliphatic carbocycles. The van der Waals surface area contributed by atoms with Gasteiger partial charge in [0.15, 0.2) is 0 Å². The third-order valence-electron chi connectivity index (χ3n) is 1.83. The molecule has 0 aromatic heterocycles. The van der Waals surface area contributed by atoms with E-state index in [0.29, 0.717) is 5.88 Å². The van der Waals surface area contributed by atoms with Gasteiger partial charge in [0.1, 0.15) is 0 Å². The van der Waals surface area contributed by atoms with Crippen molar-refractivity contribution in [1.29, 1.82) is 0 Å². The SMILES string of the molecule is ClCC(Cl)CCc1ccc(Cl)cc1. The zero-order valence-corrected chi connectivity index (χ0v) is 9.41. The van der Waals surface area contributed by atoms with Gasteiger partial charge in [-0.05, 0) is 30.5 Å². The summed E-state index contributed by atoms with van der Waals surface area (Å²) >= 11 is 17.2. The van der Waals surface area contributed by atoms with Gasteiger partial charge in [0.2, 0.25) is 0 Å². The second kappa shape index (κ2) is 5.74. The van der Waals surface area contributed by atoms with Crippen LogP contribution in [0.3, 0.4) is 0 Å². The Morgan fingerprint density at radius 2 is 1.77 bits per heavy atom. The Morgan fingerprint density at radius 1 is 1.15 bits per heavy atom. The summed E-state index contributed by atoms with van der Waals surface area (Å²) in [7, 11) is 0. The fourth-order valence-corrected chi connectivity index (χ4v) is 1.44. The summed E-state index contributed by atoms with van der Waals surface area (Å²) in [6, 6.07) is 7.81. The van der Waals surface area contributed by atoms with Crippen LogP contribution in [0, 0.1) is 0 Å². The summed E-state index contributed by atoms with van der Waals surface area (Å²) in [5, 5.41) is 0.834. The molecule has 0 radical (unpaired) electrons. The molecule has 1 unspecified atom stereocenters. The number of benzene rings is 1. The van der Waals surface area contributed by atoms with Crippen LogP contribution in [0.15, 0.2) is 24.3 Å². The first-order valence-corrected chi connectivity index (χ1v) is 5.51. The Balaban J connectivity index is 2.41. The number of hydrogen-bond acceptors (Lipinski definition) is 0. The first kappa shape index (κ1) is 11.2. The molecule has 0 fully saturated rings. The fourth-order valence-electron chi connectivity index (χ4n) is 1.05. The average Bonchev–Trinajstić information content (AvgIpc) is 2.16. The molecule has 0 heterocycles. The minimum atomic E-state index is 0.0670. The molecule has 1 aromatic carbocycles. The first-order chi connectivity index (χ1) is 6.22. The summed E-state index contributed by atoms with van der Waals surface area (Å²) in [5.74, 6) is 0.509. The highest BCUT2D eigenvalue weighted by Crippen LogP contribution is 2.13. The molecular weight excluding hydrogens is 226 g/mol. The third-order valence-corrected chi connectivity index (χ3v) is 2.98. The Hall–Kier alpha value is 0.0900. The lowest BCUT2D eigenvalue weighted by Crippen LogP contribution is -2.01. The number of aryl methyl sites for hydroxylation is 1. The van der Waals surface area contributed by atoms with Crippen molar-refractivity contribution >= 4 is 34.8 Å². The summed E-state index contributed by atoms with van der Waals surface area (Å²) in [6.45, 7) is 0. The molecular formula is C10H11Cl3. The zero-order valence-electron chi connectivity index (χ0n) is 7.14. The predicted octanol–water partition coefficient (Wildman–Crippen LogP) is 4.12. The van der Waals surface area contributed by atoms with E-state index in [1.807, 2.05) is 24.3 Å². The van der Waals surface area contributed by atoms with Gasteiger partial charge >= 0.3 is 0 Å². The fraction of sp³-hybridized carbons (Fsp3) is 0.400. The molecule has 0 saturated heterocycles. The van der Waals surface area contributed by atoms with Gasteiger partial charge in [-0.25, -0.2) is 0 Å². The molecule has 0 aliphatic rings. The van der Waals surface area contributed by atoms with Crippen LogP contribution >= 0.6 is 34.8 Å². The number of alkyl halides is 2. The highest BCUT2D eigenvalue weighted by molar-refractivity contribution is 6.30. The summed E-state index contributed by atoms with van der Waals surface area (Å²) in [4.78, 5) is 0. The van der Waals surface area contributed by atoms with Crippen molar-refractivity contribution in [3.05, 3.63) is 34.9 Å². The van der Waals surface area contributed by atoms with Crippen LogP contribution in [-0.4, -0.2) is 11.3 Å². The van der Waals surface area contributed by atoms with Gasteiger partial charge in [-0.2, -0.15) is 0 Å². The number of halogens is 3. The topological polar surface area (TPSA) is 0 Å². The van der Waals surface area contributed by atoms with Crippen molar-refractivity contribution in [2.24, 2.45) is 0 Å². The Bertz CT molecular complexity index is 243. The van der Waals surface area contributed by atoms with Crippen LogP contribution in [0.5, 0.6) is 0 Å².